The normalized spacial score (nSPS) is 15.2. The van der Waals surface area contributed by atoms with Crippen LogP contribution in [0, 0.1) is 0 Å². The molecule has 1 rings (SSSR count). The number of halogens is 3. The van der Waals surface area contributed by atoms with Crippen molar-refractivity contribution in [1.29, 1.82) is 0 Å². The molecule has 1 saturated carbocycles. The Balaban J connectivity index is 2.29. The molecule has 0 aliphatic heterocycles. The summed E-state index contributed by atoms with van der Waals surface area (Å²) < 4.78 is 36.1. The Morgan fingerprint density at radius 2 is 1.83 bits per heavy atom. The highest BCUT2D eigenvalue weighted by Gasteiger charge is 2.32. The molecule has 8 heteroatoms. The van der Waals surface area contributed by atoms with Gasteiger partial charge in [0.1, 0.15) is 6.54 Å². The minimum Gasteiger partial charge on any atom is -0.335 e. The molecular weight excluding hydrogens is 251 g/mol. The van der Waals surface area contributed by atoms with Crippen LogP contribution in [0.1, 0.15) is 12.8 Å². The average molecular weight is 267 g/mol. The van der Waals surface area contributed by atoms with Gasteiger partial charge < -0.3 is 15.1 Å². The molecule has 5 nitrogen and oxygen atoms in total. The summed E-state index contributed by atoms with van der Waals surface area (Å²) in [6, 6.07) is -0.251. The van der Waals surface area contributed by atoms with Gasteiger partial charge in [-0.1, -0.05) is 0 Å². The molecule has 0 aromatic heterocycles. The molecule has 0 spiro atoms. The van der Waals surface area contributed by atoms with E-state index in [9.17, 15) is 22.8 Å². The second-order valence-electron chi connectivity index (χ2n) is 4.37. The fourth-order valence-electron chi connectivity index (χ4n) is 1.40. The maximum absolute atomic E-state index is 12.0. The number of amides is 3. The predicted octanol–water partition coefficient (Wildman–Crippen LogP) is 0.811. The van der Waals surface area contributed by atoms with Crippen LogP contribution in [0.5, 0.6) is 0 Å². The molecular formula is C10H16F3N3O2. The monoisotopic (exact) mass is 267 g/mol. The molecule has 0 atom stereocenters. The molecule has 1 aliphatic carbocycles. The molecule has 0 heterocycles. The first kappa shape index (κ1) is 14.6. The number of urea groups is 1. The van der Waals surface area contributed by atoms with Crippen molar-refractivity contribution >= 4 is 11.9 Å². The van der Waals surface area contributed by atoms with E-state index < -0.39 is 31.2 Å². The zero-order valence-corrected chi connectivity index (χ0v) is 10.3. The third-order valence-corrected chi connectivity index (χ3v) is 2.65. The van der Waals surface area contributed by atoms with Crippen molar-refractivity contribution in [2.75, 3.05) is 27.2 Å². The van der Waals surface area contributed by atoms with Crippen molar-refractivity contribution in [2.45, 2.75) is 25.1 Å². The lowest BCUT2D eigenvalue weighted by atomic mass is 10.4. The van der Waals surface area contributed by atoms with E-state index in [1.807, 2.05) is 0 Å². The van der Waals surface area contributed by atoms with E-state index in [4.69, 9.17) is 0 Å². The molecule has 0 aromatic carbocycles. The van der Waals surface area contributed by atoms with Crippen LogP contribution >= 0.6 is 0 Å². The number of carbonyl (C=O) groups is 2. The highest BCUT2D eigenvalue weighted by Crippen LogP contribution is 2.25. The number of likely N-dealkylation sites (N-methyl/N-ethyl adjacent to an activating group) is 1. The maximum atomic E-state index is 12.0. The van der Waals surface area contributed by atoms with Crippen LogP contribution in [0.15, 0.2) is 0 Å². The SMILES string of the molecule is CN(CC(F)(F)F)C(=O)CNC(=O)N(C)C1CC1. The van der Waals surface area contributed by atoms with Crippen LogP contribution in [0.25, 0.3) is 0 Å². The van der Waals surface area contributed by atoms with Gasteiger partial charge in [0.25, 0.3) is 0 Å². The van der Waals surface area contributed by atoms with E-state index >= 15 is 0 Å². The zero-order valence-electron chi connectivity index (χ0n) is 10.3. The largest absolute Gasteiger partial charge is 0.406 e. The lowest BCUT2D eigenvalue weighted by Crippen LogP contribution is -2.45. The van der Waals surface area contributed by atoms with E-state index in [1.165, 1.54) is 4.90 Å². The number of hydrogen-bond donors (Lipinski definition) is 1. The third-order valence-electron chi connectivity index (χ3n) is 2.65. The number of nitrogens with one attached hydrogen (secondary N) is 1. The summed E-state index contributed by atoms with van der Waals surface area (Å²) in [5.74, 6) is -0.773. The van der Waals surface area contributed by atoms with Gasteiger partial charge in [-0.25, -0.2) is 4.79 Å². The maximum Gasteiger partial charge on any atom is 0.406 e. The van der Waals surface area contributed by atoms with Gasteiger partial charge in [-0.2, -0.15) is 13.2 Å². The lowest BCUT2D eigenvalue weighted by Gasteiger charge is -2.21. The Labute approximate surface area is 103 Å². The fraction of sp³-hybridized carbons (Fsp3) is 0.800. The minimum atomic E-state index is -4.43. The van der Waals surface area contributed by atoms with Crippen LogP contribution in [0.4, 0.5) is 18.0 Å². The van der Waals surface area contributed by atoms with Gasteiger partial charge in [-0.15, -0.1) is 0 Å². The molecule has 3 amide bonds. The summed E-state index contributed by atoms with van der Waals surface area (Å²) in [7, 11) is 2.64. The fourth-order valence-corrected chi connectivity index (χ4v) is 1.40. The van der Waals surface area contributed by atoms with Crippen molar-refractivity contribution in [2.24, 2.45) is 0 Å². The molecule has 1 fully saturated rings. The van der Waals surface area contributed by atoms with Gasteiger partial charge in [0.05, 0.1) is 6.54 Å². The molecule has 1 N–H and O–H groups in total. The average Bonchev–Trinajstić information content (AvgIpc) is 3.05. The summed E-state index contributed by atoms with van der Waals surface area (Å²) >= 11 is 0. The second kappa shape index (κ2) is 5.45. The van der Waals surface area contributed by atoms with E-state index in [-0.39, 0.29) is 6.04 Å². The van der Waals surface area contributed by atoms with Crippen molar-refractivity contribution in [1.82, 2.24) is 15.1 Å². The molecule has 0 saturated heterocycles. The Bertz CT molecular complexity index is 329. The highest BCUT2D eigenvalue weighted by molar-refractivity contribution is 5.84. The summed E-state index contributed by atoms with van der Waals surface area (Å²) in [5.41, 5.74) is 0. The standard InChI is InChI=1S/C10H16F3N3O2/c1-15(6-10(11,12)13)8(17)5-14-9(18)16(2)7-3-4-7/h7H,3-6H2,1-2H3,(H,14,18). The van der Waals surface area contributed by atoms with Gasteiger partial charge in [0.2, 0.25) is 5.91 Å². The summed E-state index contributed by atoms with van der Waals surface area (Å²) in [6.45, 7) is -1.75. The van der Waals surface area contributed by atoms with E-state index in [1.54, 1.807) is 7.05 Å². The Hall–Kier alpha value is -1.47. The van der Waals surface area contributed by atoms with Gasteiger partial charge in [0, 0.05) is 20.1 Å². The topological polar surface area (TPSA) is 52.7 Å². The minimum absolute atomic E-state index is 0.188. The Kier molecular flexibility index (Phi) is 4.42. The number of carbonyl (C=O) groups excluding carboxylic acids is 2. The van der Waals surface area contributed by atoms with Gasteiger partial charge >= 0.3 is 12.2 Å². The summed E-state index contributed by atoms with van der Waals surface area (Å²) in [6.07, 6.45) is -2.59. The van der Waals surface area contributed by atoms with E-state index in [0.29, 0.717) is 4.90 Å². The predicted molar refractivity (Wildman–Crippen MR) is 57.9 cm³/mol. The van der Waals surface area contributed by atoms with Crippen LogP contribution in [-0.2, 0) is 4.79 Å². The molecule has 1 aliphatic rings. The van der Waals surface area contributed by atoms with E-state index in [0.717, 1.165) is 19.9 Å². The molecule has 104 valence electrons. The number of hydrogen-bond acceptors (Lipinski definition) is 2. The van der Waals surface area contributed by atoms with Crippen molar-refractivity contribution in [3.8, 4) is 0 Å². The zero-order chi connectivity index (χ0) is 13.9. The Morgan fingerprint density at radius 3 is 2.28 bits per heavy atom. The molecule has 0 unspecified atom stereocenters. The first-order chi connectivity index (χ1) is 8.20. The van der Waals surface area contributed by atoms with Gasteiger partial charge in [0.15, 0.2) is 0 Å². The van der Waals surface area contributed by atoms with Crippen molar-refractivity contribution < 1.29 is 22.8 Å². The second-order valence-corrected chi connectivity index (χ2v) is 4.37. The van der Waals surface area contributed by atoms with Gasteiger partial charge in [-0.3, -0.25) is 4.79 Å². The Morgan fingerprint density at radius 1 is 1.28 bits per heavy atom. The van der Waals surface area contributed by atoms with Crippen LogP contribution in [-0.4, -0.2) is 61.1 Å². The van der Waals surface area contributed by atoms with Crippen molar-refractivity contribution in [3.05, 3.63) is 0 Å². The molecule has 0 radical (unpaired) electrons. The number of alkyl halides is 3. The molecule has 0 aromatic rings. The summed E-state index contributed by atoms with van der Waals surface area (Å²) in [5, 5.41) is 2.30. The number of rotatable bonds is 4. The first-order valence-electron chi connectivity index (χ1n) is 5.52. The summed E-state index contributed by atoms with van der Waals surface area (Å²) in [4.78, 5) is 24.8. The first-order valence-corrected chi connectivity index (χ1v) is 5.52. The van der Waals surface area contributed by atoms with Crippen LogP contribution in [0.3, 0.4) is 0 Å². The van der Waals surface area contributed by atoms with Gasteiger partial charge in [-0.05, 0) is 12.8 Å². The third kappa shape index (κ3) is 4.80. The number of nitrogens with zero attached hydrogens (tertiary/aromatic N) is 2. The van der Waals surface area contributed by atoms with Crippen LogP contribution < -0.4 is 5.32 Å². The molecule has 0 bridgehead atoms. The van der Waals surface area contributed by atoms with Crippen molar-refractivity contribution in [3.63, 3.8) is 0 Å². The lowest BCUT2D eigenvalue weighted by molar-refractivity contribution is -0.157. The van der Waals surface area contributed by atoms with E-state index in [2.05, 4.69) is 5.32 Å². The van der Waals surface area contributed by atoms with Crippen LogP contribution in [0.2, 0.25) is 0 Å². The quantitative estimate of drug-likeness (QED) is 0.819. The highest BCUT2D eigenvalue weighted by atomic mass is 19.4. The molecule has 18 heavy (non-hydrogen) atoms. The smallest absolute Gasteiger partial charge is 0.335 e.